The molecule has 2 unspecified atom stereocenters. The number of carbonyl (C=O) groups excluding carboxylic acids is 1. The van der Waals surface area contributed by atoms with Crippen molar-refractivity contribution in [3.8, 4) is 11.5 Å². The van der Waals surface area contributed by atoms with Gasteiger partial charge < -0.3 is 20.1 Å². The first-order valence-corrected chi connectivity index (χ1v) is 6.93. The molecule has 0 bridgehead atoms. The summed E-state index contributed by atoms with van der Waals surface area (Å²) < 4.78 is 10.4. The van der Waals surface area contributed by atoms with E-state index in [4.69, 9.17) is 9.47 Å². The molecule has 1 amide bonds. The molecule has 2 N–H and O–H groups in total. The molecule has 5 nitrogen and oxygen atoms in total. The Balaban J connectivity index is 2.10. The van der Waals surface area contributed by atoms with Gasteiger partial charge in [-0.05, 0) is 38.3 Å². The van der Waals surface area contributed by atoms with Gasteiger partial charge >= 0.3 is 0 Å². The third kappa shape index (κ3) is 3.42. The van der Waals surface area contributed by atoms with Crippen molar-refractivity contribution in [3.05, 3.63) is 18.2 Å². The fourth-order valence-electron chi connectivity index (χ4n) is 2.48. The van der Waals surface area contributed by atoms with Gasteiger partial charge in [0, 0.05) is 12.1 Å². The lowest BCUT2D eigenvalue weighted by molar-refractivity contribution is -0.118. The van der Waals surface area contributed by atoms with Crippen molar-refractivity contribution in [1.82, 2.24) is 5.32 Å². The van der Waals surface area contributed by atoms with E-state index in [2.05, 4.69) is 17.6 Å². The second kappa shape index (κ2) is 6.61. The van der Waals surface area contributed by atoms with Crippen molar-refractivity contribution in [2.45, 2.75) is 38.3 Å². The Hall–Kier alpha value is -1.75. The van der Waals surface area contributed by atoms with Crippen LogP contribution in [0, 0.1) is 0 Å². The Morgan fingerprint density at radius 2 is 2.10 bits per heavy atom. The van der Waals surface area contributed by atoms with Gasteiger partial charge in [-0.3, -0.25) is 4.79 Å². The maximum Gasteiger partial charge on any atom is 0.241 e. The van der Waals surface area contributed by atoms with Gasteiger partial charge in [0.1, 0.15) is 11.5 Å². The summed E-state index contributed by atoms with van der Waals surface area (Å²) in [5.74, 6) is 1.29. The van der Waals surface area contributed by atoms with Crippen molar-refractivity contribution in [2.75, 3.05) is 19.5 Å². The van der Waals surface area contributed by atoms with Crippen LogP contribution in [0.4, 0.5) is 5.69 Å². The van der Waals surface area contributed by atoms with E-state index in [0.717, 1.165) is 19.3 Å². The van der Waals surface area contributed by atoms with Gasteiger partial charge in [0.15, 0.2) is 0 Å². The van der Waals surface area contributed by atoms with Crippen LogP contribution in [0.2, 0.25) is 0 Å². The van der Waals surface area contributed by atoms with Gasteiger partial charge in [0.05, 0.1) is 25.9 Å². The predicted molar refractivity (Wildman–Crippen MR) is 78.4 cm³/mol. The van der Waals surface area contributed by atoms with Crippen molar-refractivity contribution in [3.63, 3.8) is 0 Å². The quantitative estimate of drug-likeness (QED) is 0.886. The summed E-state index contributed by atoms with van der Waals surface area (Å²) in [4.78, 5) is 12.3. The van der Waals surface area contributed by atoms with Gasteiger partial charge in [-0.1, -0.05) is 0 Å². The number of nitrogens with one attached hydrogen (secondary N) is 2. The van der Waals surface area contributed by atoms with E-state index in [1.165, 1.54) is 0 Å². The molecule has 0 aromatic heterocycles. The number of piperidine rings is 1. The molecule has 0 aliphatic carbocycles. The second-order valence-corrected chi connectivity index (χ2v) is 5.11. The molecular weight excluding hydrogens is 256 g/mol. The highest BCUT2D eigenvalue weighted by molar-refractivity contribution is 5.96. The lowest BCUT2D eigenvalue weighted by Crippen LogP contribution is -2.47. The highest BCUT2D eigenvalue weighted by atomic mass is 16.5. The molecule has 2 atom stereocenters. The fourth-order valence-corrected chi connectivity index (χ4v) is 2.48. The number of anilines is 1. The Bertz CT molecular complexity index is 476. The molecule has 1 aliphatic heterocycles. The van der Waals surface area contributed by atoms with Crippen LogP contribution in [0.1, 0.15) is 26.2 Å². The van der Waals surface area contributed by atoms with E-state index in [1.54, 1.807) is 32.4 Å². The molecular formula is C15H22N2O3. The lowest BCUT2D eigenvalue weighted by atomic mass is 9.99. The van der Waals surface area contributed by atoms with Crippen LogP contribution in [-0.2, 0) is 4.79 Å². The first kappa shape index (κ1) is 14.7. The standard InChI is InChI=1S/C15H22N2O3/c1-10-5-4-6-12(16-10)15(18)17-13-9-11(19-2)7-8-14(13)20-3/h7-10,12,16H,4-6H2,1-3H3,(H,17,18). The molecule has 1 heterocycles. The Labute approximate surface area is 119 Å². The summed E-state index contributed by atoms with van der Waals surface area (Å²) >= 11 is 0. The molecule has 0 saturated carbocycles. The zero-order chi connectivity index (χ0) is 14.5. The number of methoxy groups -OCH3 is 2. The SMILES string of the molecule is COc1ccc(OC)c(NC(=O)C2CCCC(C)N2)c1. The molecule has 0 spiro atoms. The first-order chi connectivity index (χ1) is 9.63. The molecule has 110 valence electrons. The smallest absolute Gasteiger partial charge is 0.241 e. The van der Waals surface area contributed by atoms with E-state index >= 15 is 0 Å². The largest absolute Gasteiger partial charge is 0.497 e. The molecule has 1 aromatic rings. The van der Waals surface area contributed by atoms with Crippen molar-refractivity contribution >= 4 is 11.6 Å². The topological polar surface area (TPSA) is 59.6 Å². The molecule has 1 aliphatic rings. The van der Waals surface area contributed by atoms with Crippen molar-refractivity contribution in [1.29, 1.82) is 0 Å². The lowest BCUT2D eigenvalue weighted by Gasteiger charge is -2.28. The van der Waals surface area contributed by atoms with Crippen molar-refractivity contribution < 1.29 is 14.3 Å². The summed E-state index contributed by atoms with van der Waals surface area (Å²) in [5.41, 5.74) is 0.636. The van der Waals surface area contributed by atoms with E-state index in [-0.39, 0.29) is 11.9 Å². The van der Waals surface area contributed by atoms with Crippen LogP contribution in [0.5, 0.6) is 11.5 Å². The first-order valence-electron chi connectivity index (χ1n) is 6.93. The number of hydrogen-bond donors (Lipinski definition) is 2. The number of hydrogen-bond acceptors (Lipinski definition) is 4. The molecule has 0 radical (unpaired) electrons. The molecule has 1 aromatic carbocycles. The van der Waals surface area contributed by atoms with Gasteiger partial charge in [0.2, 0.25) is 5.91 Å². The van der Waals surface area contributed by atoms with Crippen LogP contribution in [-0.4, -0.2) is 32.2 Å². The van der Waals surface area contributed by atoms with Crippen LogP contribution in [0.15, 0.2) is 18.2 Å². The Morgan fingerprint density at radius 1 is 1.30 bits per heavy atom. The molecule has 20 heavy (non-hydrogen) atoms. The minimum Gasteiger partial charge on any atom is -0.497 e. The van der Waals surface area contributed by atoms with Crippen LogP contribution < -0.4 is 20.1 Å². The van der Waals surface area contributed by atoms with Crippen LogP contribution in [0.3, 0.4) is 0 Å². The van der Waals surface area contributed by atoms with E-state index in [0.29, 0.717) is 23.2 Å². The summed E-state index contributed by atoms with van der Waals surface area (Å²) in [5, 5.41) is 6.24. The minimum absolute atomic E-state index is 0.0249. The number of amides is 1. The normalized spacial score (nSPS) is 22.1. The predicted octanol–water partition coefficient (Wildman–Crippen LogP) is 2.17. The summed E-state index contributed by atoms with van der Waals surface area (Å²) in [6.45, 7) is 2.10. The van der Waals surface area contributed by atoms with Crippen LogP contribution >= 0.6 is 0 Å². The van der Waals surface area contributed by atoms with Crippen molar-refractivity contribution in [2.24, 2.45) is 0 Å². The average molecular weight is 278 g/mol. The summed E-state index contributed by atoms with van der Waals surface area (Å²) in [6.07, 6.45) is 3.05. The summed E-state index contributed by atoms with van der Waals surface area (Å²) in [6, 6.07) is 5.59. The fraction of sp³-hybridized carbons (Fsp3) is 0.533. The maximum absolute atomic E-state index is 12.3. The monoisotopic (exact) mass is 278 g/mol. The van der Waals surface area contributed by atoms with Crippen LogP contribution in [0.25, 0.3) is 0 Å². The third-order valence-electron chi connectivity index (χ3n) is 3.60. The number of rotatable bonds is 4. The maximum atomic E-state index is 12.3. The zero-order valence-corrected chi connectivity index (χ0v) is 12.2. The minimum atomic E-state index is -0.144. The number of ether oxygens (including phenoxy) is 2. The van der Waals surface area contributed by atoms with E-state index < -0.39 is 0 Å². The highest BCUT2D eigenvalue weighted by Gasteiger charge is 2.24. The van der Waals surface area contributed by atoms with E-state index in [9.17, 15) is 4.79 Å². The second-order valence-electron chi connectivity index (χ2n) is 5.11. The molecule has 2 rings (SSSR count). The average Bonchev–Trinajstić information content (AvgIpc) is 2.47. The van der Waals surface area contributed by atoms with E-state index in [1.807, 2.05) is 0 Å². The Morgan fingerprint density at radius 3 is 2.75 bits per heavy atom. The molecule has 1 saturated heterocycles. The third-order valence-corrected chi connectivity index (χ3v) is 3.60. The summed E-state index contributed by atoms with van der Waals surface area (Å²) in [7, 11) is 3.18. The van der Waals surface area contributed by atoms with Gasteiger partial charge in [-0.15, -0.1) is 0 Å². The zero-order valence-electron chi connectivity index (χ0n) is 12.2. The number of carbonyl (C=O) groups is 1. The van der Waals surface area contributed by atoms with Gasteiger partial charge in [0.25, 0.3) is 0 Å². The highest BCUT2D eigenvalue weighted by Crippen LogP contribution is 2.29. The van der Waals surface area contributed by atoms with Gasteiger partial charge in [-0.25, -0.2) is 0 Å². The Kier molecular flexibility index (Phi) is 4.84. The number of benzene rings is 1. The molecule has 1 fully saturated rings. The molecule has 5 heteroatoms. The van der Waals surface area contributed by atoms with Gasteiger partial charge in [-0.2, -0.15) is 0 Å².